The van der Waals surface area contributed by atoms with Crippen molar-refractivity contribution >= 4 is 5.97 Å². The zero-order chi connectivity index (χ0) is 15.5. The third kappa shape index (κ3) is 3.99. The van der Waals surface area contributed by atoms with Crippen molar-refractivity contribution in [1.29, 1.82) is 0 Å². The largest absolute Gasteiger partial charge is 0.492 e. The summed E-state index contributed by atoms with van der Waals surface area (Å²) in [5, 5.41) is 9.61. The van der Waals surface area contributed by atoms with Crippen LogP contribution < -0.4 is 4.74 Å². The number of carbonyl (C=O) groups is 1. The number of hydrogen-bond acceptors (Lipinski definition) is 2. The quantitative estimate of drug-likeness (QED) is 0.847. The molecule has 1 unspecified atom stereocenters. The fraction of sp³-hybridized carbons (Fsp3) is 0.611. The lowest BCUT2D eigenvalue weighted by atomic mass is 9.81. The maximum atomic E-state index is 11.7. The van der Waals surface area contributed by atoms with E-state index in [0.717, 1.165) is 29.7 Å². The summed E-state index contributed by atoms with van der Waals surface area (Å²) in [6.45, 7) is 6.06. The molecule has 1 N–H and O–H groups in total. The van der Waals surface area contributed by atoms with E-state index < -0.39 is 11.4 Å². The van der Waals surface area contributed by atoms with Crippen molar-refractivity contribution in [3.63, 3.8) is 0 Å². The lowest BCUT2D eigenvalue weighted by molar-refractivity contribution is -0.151. The zero-order valence-electron chi connectivity index (χ0n) is 13.3. The Balaban J connectivity index is 2.05. The molecular weight excluding hydrogens is 264 g/mol. The Morgan fingerprint density at radius 1 is 1.33 bits per heavy atom. The Bertz CT molecular complexity index is 503. The van der Waals surface area contributed by atoms with Gasteiger partial charge in [-0.3, -0.25) is 4.79 Å². The van der Waals surface area contributed by atoms with Gasteiger partial charge in [0.15, 0.2) is 0 Å². The minimum atomic E-state index is -0.800. The average Bonchev–Trinajstić information content (AvgIpc) is 2.92. The van der Waals surface area contributed by atoms with Gasteiger partial charge in [0.05, 0.1) is 5.41 Å². The molecular formula is C18H26O3. The predicted molar refractivity (Wildman–Crippen MR) is 83.7 cm³/mol. The van der Waals surface area contributed by atoms with Gasteiger partial charge in [-0.1, -0.05) is 37.8 Å². The van der Waals surface area contributed by atoms with Crippen LogP contribution in [0.3, 0.4) is 0 Å². The molecule has 0 bridgehead atoms. The van der Waals surface area contributed by atoms with Gasteiger partial charge >= 0.3 is 5.97 Å². The Kier molecular flexibility index (Phi) is 4.92. The predicted octanol–water partition coefficient (Wildman–Crippen LogP) is 4.35. The highest BCUT2D eigenvalue weighted by atomic mass is 16.5. The van der Waals surface area contributed by atoms with Crippen LogP contribution in [-0.2, 0) is 4.79 Å². The molecule has 1 aliphatic rings. The maximum absolute atomic E-state index is 11.7. The highest BCUT2D eigenvalue weighted by molar-refractivity contribution is 5.74. The van der Waals surface area contributed by atoms with Gasteiger partial charge in [0.25, 0.3) is 0 Å². The van der Waals surface area contributed by atoms with E-state index >= 15 is 0 Å². The smallest absolute Gasteiger partial charge is 0.312 e. The second-order valence-electron chi connectivity index (χ2n) is 6.78. The van der Waals surface area contributed by atoms with Crippen molar-refractivity contribution in [2.45, 2.75) is 52.9 Å². The van der Waals surface area contributed by atoms with Gasteiger partial charge in [0.2, 0.25) is 0 Å². The number of carboxylic acid groups (broad SMARTS) is 1. The molecule has 0 spiro atoms. The molecule has 0 saturated heterocycles. The van der Waals surface area contributed by atoms with E-state index in [0.29, 0.717) is 12.3 Å². The Hall–Kier alpha value is -1.51. The van der Waals surface area contributed by atoms with Crippen LogP contribution in [0.2, 0.25) is 0 Å². The first-order chi connectivity index (χ1) is 9.90. The van der Waals surface area contributed by atoms with Crippen molar-refractivity contribution in [1.82, 2.24) is 0 Å². The first-order valence-corrected chi connectivity index (χ1v) is 7.84. The number of ether oxygens (including phenoxy) is 1. The van der Waals surface area contributed by atoms with Crippen molar-refractivity contribution in [3.05, 3.63) is 29.3 Å². The molecule has 0 radical (unpaired) electrons. The standard InChI is InChI=1S/C18H26O3/c1-13-8-9-14(2)16(10-13)21-12-18(3,17(19)20)11-15-6-4-5-7-15/h8-10,15H,4-7,11-12H2,1-3H3,(H,19,20). The lowest BCUT2D eigenvalue weighted by Gasteiger charge is -2.28. The molecule has 0 aromatic heterocycles. The first-order valence-electron chi connectivity index (χ1n) is 7.84. The summed E-state index contributed by atoms with van der Waals surface area (Å²) in [5.74, 6) is 0.585. The summed E-state index contributed by atoms with van der Waals surface area (Å²) in [6.07, 6.45) is 5.50. The minimum Gasteiger partial charge on any atom is -0.492 e. The number of carboxylic acids is 1. The highest BCUT2D eigenvalue weighted by Crippen LogP contribution is 2.36. The number of aryl methyl sites for hydroxylation is 2. The second kappa shape index (κ2) is 6.50. The van der Waals surface area contributed by atoms with Gasteiger partial charge in [-0.05, 0) is 50.3 Å². The summed E-state index contributed by atoms with van der Waals surface area (Å²) in [4.78, 5) is 11.7. The third-order valence-electron chi connectivity index (χ3n) is 4.62. The zero-order valence-corrected chi connectivity index (χ0v) is 13.3. The minimum absolute atomic E-state index is 0.239. The summed E-state index contributed by atoms with van der Waals surface area (Å²) in [6, 6.07) is 6.03. The van der Waals surface area contributed by atoms with Crippen molar-refractivity contribution in [3.8, 4) is 5.75 Å². The van der Waals surface area contributed by atoms with Crippen LogP contribution in [0.15, 0.2) is 18.2 Å². The van der Waals surface area contributed by atoms with Gasteiger partial charge < -0.3 is 9.84 Å². The summed E-state index contributed by atoms with van der Waals surface area (Å²) >= 11 is 0. The number of hydrogen-bond donors (Lipinski definition) is 1. The summed E-state index contributed by atoms with van der Waals surface area (Å²) in [7, 11) is 0. The van der Waals surface area contributed by atoms with Crippen molar-refractivity contribution < 1.29 is 14.6 Å². The number of aliphatic carboxylic acids is 1. The molecule has 1 atom stereocenters. The SMILES string of the molecule is Cc1ccc(C)c(OCC(C)(CC2CCCC2)C(=O)O)c1. The first kappa shape index (κ1) is 15.9. The fourth-order valence-electron chi connectivity index (χ4n) is 3.16. The van der Waals surface area contributed by atoms with Gasteiger partial charge in [-0.15, -0.1) is 0 Å². The van der Waals surface area contributed by atoms with E-state index in [-0.39, 0.29) is 6.61 Å². The van der Waals surface area contributed by atoms with Crippen LogP contribution in [0.5, 0.6) is 5.75 Å². The Morgan fingerprint density at radius 2 is 2.00 bits per heavy atom. The molecule has 2 rings (SSSR count). The molecule has 0 aliphatic heterocycles. The van der Waals surface area contributed by atoms with E-state index in [1.807, 2.05) is 39.0 Å². The van der Waals surface area contributed by atoms with E-state index in [4.69, 9.17) is 4.74 Å². The van der Waals surface area contributed by atoms with E-state index in [2.05, 4.69) is 0 Å². The van der Waals surface area contributed by atoms with E-state index in [1.165, 1.54) is 12.8 Å². The van der Waals surface area contributed by atoms with Crippen molar-refractivity contribution in [2.24, 2.45) is 11.3 Å². The second-order valence-corrected chi connectivity index (χ2v) is 6.78. The van der Waals surface area contributed by atoms with E-state index in [9.17, 15) is 9.90 Å². The van der Waals surface area contributed by atoms with Crippen LogP contribution in [0.25, 0.3) is 0 Å². The Labute approximate surface area is 127 Å². The fourth-order valence-corrected chi connectivity index (χ4v) is 3.16. The van der Waals surface area contributed by atoms with Crippen LogP contribution >= 0.6 is 0 Å². The molecule has 1 saturated carbocycles. The molecule has 1 aliphatic carbocycles. The molecule has 0 heterocycles. The van der Waals surface area contributed by atoms with E-state index in [1.54, 1.807) is 0 Å². The van der Waals surface area contributed by atoms with Crippen LogP contribution in [-0.4, -0.2) is 17.7 Å². The maximum Gasteiger partial charge on any atom is 0.312 e. The molecule has 116 valence electrons. The highest BCUT2D eigenvalue weighted by Gasteiger charge is 2.37. The topological polar surface area (TPSA) is 46.5 Å². The summed E-state index contributed by atoms with van der Waals surface area (Å²) < 4.78 is 5.87. The number of rotatable bonds is 6. The van der Waals surface area contributed by atoms with Gasteiger partial charge in [-0.25, -0.2) is 0 Å². The van der Waals surface area contributed by atoms with Crippen molar-refractivity contribution in [2.75, 3.05) is 6.61 Å². The Morgan fingerprint density at radius 3 is 2.62 bits per heavy atom. The molecule has 1 aromatic rings. The number of benzene rings is 1. The van der Waals surface area contributed by atoms with Crippen LogP contribution in [0.4, 0.5) is 0 Å². The van der Waals surface area contributed by atoms with Gasteiger partial charge in [0.1, 0.15) is 12.4 Å². The van der Waals surface area contributed by atoms with Crippen LogP contribution in [0.1, 0.15) is 50.2 Å². The average molecular weight is 290 g/mol. The molecule has 3 heteroatoms. The molecule has 3 nitrogen and oxygen atoms in total. The van der Waals surface area contributed by atoms with Gasteiger partial charge in [-0.2, -0.15) is 0 Å². The molecule has 0 amide bonds. The van der Waals surface area contributed by atoms with Gasteiger partial charge in [0, 0.05) is 0 Å². The van der Waals surface area contributed by atoms with Crippen LogP contribution in [0, 0.1) is 25.2 Å². The lowest BCUT2D eigenvalue weighted by Crippen LogP contribution is -2.36. The normalized spacial score (nSPS) is 18.4. The molecule has 21 heavy (non-hydrogen) atoms. The summed E-state index contributed by atoms with van der Waals surface area (Å²) in [5.41, 5.74) is 1.38. The molecule has 1 aromatic carbocycles. The molecule has 1 fully saturated rings. The monoisotopic (exact) mass is 290 g/mol. The third-order valence-corrected chi connectivity index (χ3v) is 4.62.